The second-order valence-electron chi connectivity index (χ2n) is 8.47. The fourth-order valence-corrected chi connectivity index (χ4v) is 4.14. The van der Waals surface area contributed by atoms with Crippen molar-refractivity contribution < 1.29 is 14.3 Å². The number of methoxy groups -OCH3 is 1. The largest absolute Gasteiger partial charge is 0.493 e. The van der Waals surface area contributed by atoms with Crippen LogP contribution in [0.25, 0.3) is 6.08 Å². The van der Waals surface area contributed by atoms with Crippen LogP contribution in [0, 0.1) is 18.3 Å². The first-order valence-electron chi connectivity index (χ1n) is 11.6. The van der Waals surface area contributed by atoms with Gasteiger partial charge in [0.25, 0.3) is 5.91 Å². The van der Waals surface area contributed by atoms with Gasteiger partial charge in [-0.25, -0.2) is 0 Å². The Morgan fingerprint density at radius 2 is 1.74 bits per heavy atom. The molecule has 0 radical (unpaired) electrons. The van der Waals surface area contributed by atoms with Gasteiger partial charge in [-0.2, -0.15) is 5.26 Å². The van der Waals surface area contributed by atoms with Crippen LogP contribution >= 0.6 is 0 Å². The molecule has 4 rings (SSSR count). The summed E-state index contributed by atoms with van der Waals surface area (Å²) in [6.45, 7) is 5.07. The summed E-state index contributed by atoms with van der Waals surface area (Å²) >= 11 is 0. The number of ether oxygens (including phenoxy) is 2. The van der Waals surface area contributed by atoms with Crippen molar-refractivity contribution >= 4 is 17.7 Å². The number of hydrogen-bond acceptors (Lipinski definition) is 5. The Balaban J connectivity index is 1.42. The quantitative estimate of drug-likeness (QED) is 0.368. The molecule has 0 unspecified atom stereocenters. The van der Waals surface area contributed by atoms with Gasteiger partial charge >= 0.3 is 0 Å². The Morgan fingerprint density at radius 3 is 2.43 bits per heavy atom. The topological polar surface area (TPSA) is 65.8 Å². The third-order valence-electron chi connectivity index (χ3n) is 6.01. The van der Waals surface area contributed by atoms with Gasteiger partial charge in [0.2, 0.25) is 0 Å². The van der Waals surface area contributed by atoms with Gasteiger partial charge in [0.05, 0.1) is 7.11 Å². The van der Waals surface area contributed by atoms with E-state index in [0.717, 1.165) is 24.3 Å². The average Bonchev–Trinajstić information content (AvgIpc) is 2.91. The van der Waals surface area contributed by atoms with Crippen LogP contribution in [0.3, 0.4) is 0 Å². The molecule has 0 aromatic heterocycles. The summed E-state index contributed by atoms with van der Waals surface area (Å²) in [5.41, 5.74) is 4.20. The van der Waals surface area contributed by atoms with Gasteiger partial charge in [0.15, 0.2) is 11.5 Å². The normalized spacial score (nSPS) is 13.8. The highest BCUT2D eigenvalue weighted by molar-refractivity contribution is 6.01. The zero-order valence-corrected chi connectivity index (χ0v) is 20.1. The summed E-state index contributed by atoms with van der Waals surface area (Å²) in [7, 11) is 1.57. The highest BCUT2D eigenvalue weighted by atomic mass is 16.5. The molecule has 1 aliphatic rings. The van der Waals surface area contributed by atoms with Crippen molar-refractivity contribution in [3.63, 3.8) is 0 Å². The number of nitrogens with zero attached hydrogens (tertiary/aromatic N) is 3. The molecule has 1 heterocycles. The second-order valence-corrected chi connectivity index (χ2v) is 8.47. The molecule has 0 saturated carbocycles. The molecule has 35 heavy (non-hydrogen) atoms. The minimum absolute atomic E-state index is 0.105. The summed E-state index contributed by atoms with van der Waals surface area (Å²) in [5.74, 6) is 0.902. The Labute approximate surface area is 206 Å². The molecule has 3 aromatic rings. The van der Waals surface area contributed by atoms with E-state index in [1.165, 1.54) is 5.56 Å². The van der Waals surface area contributed by atoms with Crippen LogP contribution in [-0.4, -0.2) is 44.1 Å². The number of benzene rings is 3. The molecule has 0 atom stereocenters. The van der Waals surface area contributed by atoms with Crippen LogP contribution in [0.4, 0.5) is 5.69 Å². The third kappa shape index (κ3) is 6.01. The number of piperazine rings is 1. The molecule has 3 aromatic carbocycles. The third-order valence-corrected chi connectivity index (χ3v) is 6.01. The number of amides is 1. The van der Waals surface area contributed by atoms with Crippen LogP contribution in [0.2, 0.25) is 0 Å². The predicted molar refractivity (Wildman–Crippen MR) is 137 cm³/mol. The van der Waals surface area contributed by atoms with Crippen molar-refractivity contribution in [3.05, 3.63) is 95.1 Å². The van der Waals surface area contributed by atoms with E-state index in [0.29, 0.717) is 36.8 Å². The first-order valence-corrected chi connectivity index (χ1v) is 11.6. The zero-order chi connectivity index (χ0) is 24.6. The first-order chi connectivity index (χ1) is 17.1. The Kier molecular flexibility index (Phi) is 7.69. The lowest BCUT2D eigenvalue weighted by atomic mass is 10.1. The van der Waals surface area contributed by atoms with Gasteiger partial charge in [0.1, 0.15) is 18.2 Å². The van der Waals surface area contributed by atoms with E-state index < -0.39 is 0 Å². The van der Waals surface area contributed by atoms with Crippen molar-refractivity contribution in [2.45, 2.75) is 13.5 Å². The smallest absolute Gasteiger partial charge is 0.264 e. The highest BCUT2D eigenvalue weighted by Gasteiger charge is 2.24. The van der Waals surface area contributed by atoms with Crippen LogP contribution in [0.5, 0.6) is 11.5 Å². The molecular weight excluding hydrogens is 438 g/mol. The standard InChI is InChI=1S/C29H29N3O3/c1-22-7-6-8-24(17-22)21-35-27-12-11-23(19-28(27)34-2)18-25(20-30)29(33)32-15-13-31(14-16-32)26-9-4-3-5-10-26/h3-12,17-19H,13-16,21H2,1-2H3/b25-18-. The molecular formula is C29H29N3O3. The maximum Gasteiger partial charge on any atom is 0.264 e. The van der Waals surface area contributed by atoms with Crippen LogP contribution in [0.1, 0.15) is 16.7 Å². The van der Waals surface area contributed by atoms with E-state index in [1.807, 2.05) is 49.4 Å². The molecule has 1 fully saturated rings. The lowest BCUT2D eigenvalue weighted by Crippen LogP contribution is -2.49. The number of hydrogen-bond donors (Lipinski definition) is 0. The van der Waals surface area contributed by atoms with Gasteiger partial charge in [0, 0.05) is 31.9 Å². The van der Waals surface area contributed by atoms with Crippen LogP contribution < -0.4 is 14.4 Å². The number of rotatable bonds is 7. The maximum absolute atomic E-state index is 13.0. The SMILES string of the molecule is COc1cc(/C=C(/C#N)C(=O)N2CCN(c3ccccc3)CC2)ccc1OCc1cccc(C)c1. The predicted octanol–water partition coefficient (Wildman–Crippen LogP) is 4.84. The summed E-state index contributed by atoms with van der Waals surface area (Å²) in [6, 6.07) is 25.8. The molecule has 1 amide bonds. The summed E-state index contributed by atoms with van der Waals surface area (Å²) in [6.07, 6.45) is 1.61. The average molecular weight is 468 g/mol. The van der Waals surface area contributed by atoms with Crippen molar-refractivity contribution in [3.8, 4) is 17.6 Å². The molecule has 1 aliphatic heterocycles. The first kappa shape index (κ1) is 23.9. The lowest BCUT2D eigenvalue weighted by molar-refractivity contribution is -0.126. The minimum Gasteiger partial charge on any atom is -0.493 e. The van der Waals surface area contributed by atoms with Crippen molar-refractivity contribution in [1.29, 1.82) is 5.26 Å². The minimum atomic E-state index is -0.251. The summed E-state index contributed by atoms with van der Waals surface area (Å²) < 4.78 is 11.5. The van der Waals surface area contributed by atoms with Crippen molar-refractivity contribution in [2.75, 3.05) is 38.2 Å². The van der Waals surface area contributed by atoms with E-state index in [-0.39, 0.29) is 11.5 Å². The zero-order valence-electron chi connectivity index (χ0n) is 20.1. The molecule has 6 heteroatoms. The van der Waals surface area contributed by atoms with Gasteiger partial charge < -0.3 is 19.3 Å². The van der Waals surface area contributed by atoms with E-state index in [2.05, 4.69) is 29.2 Å². The molecule has 178 valence electrons. The summed E-state index contributed by atoms with van der Waals surface area (Å²) in [4.78, 5) is 17.0. The van der Waals surface area contributed by atoms with E-state index >= 15 is 0 Å². The number of carbonyl (C=O) groups is 1. The lowest BCUT2D eigenvalue weighted by Gasteiger charge is -2.36. The maximum atomic E-state index is 13.0. The molecule has 0 aliphatic carbocycles. The Morgan fingerprint density at radius 1 is 0.971 bits per heavy atom. The highest BCUT2D eigenvalue weighted by Crippen LogP contribution is 2.30. The van der Waals surface area contributed by atoms with Crippen LogP contribution in [0.15, 0.2) is 78.4 Å². The summed E-state index contributed by atoms with van der Waals surface area (Å²) in [5, 5.41) is 9.70. The van der Waals surface area contributed by atoms with Crippen molar-refractivity contribution in [1.82, 2.24) is 4.90 Å². The van der Waals surface area contributed by atoms with Gasteiger partial charge in [-0.1, -0.05) is 54.1 Å². The van der Waals surface area contributed by atoms with Crippen LogP contribution in [-0.2, 0) is 11.4 Å². The molecule has 0 bridgehead atoms. The molecule has 6 nitrogen and oxygen atoms in total. The number of aryl methyl sites for hydroxylation is 1. The Bertz CT molecular complexity index is 1240. The number of carbonyl (C=O) groups excluding carboxylic acids is 1. The van der Waals surface area contributed by atoms with E-state index in [4.69, 9.17) is 9.47 Å². The molecule has 1 saturated heterocycles. The number of anilines is 1. The number of nitriles is 1. The molecule has 0 N–H and O–H groups in total. The van der Waals surface area contributed by atoms with E-state index in [9.17, 15) is 10.1 Å². The van der Waals surface area contributed by atoms with Gasteiger partial charge in [-0.3, -0.25) is 4.79 Å². The van der Waals surface area contributed by atoms with E-state index in [1.54, 1.807) is 30.2 Å². The van der Waals surface area contributed by atoms with Crippen molar-refractivity contribution in [2.24, 2.45) is 0 Å². The Hall–Kier alpha value is -4.24. The number of para-hydroxylation sites is 1. The van der Waals surface area contributed by atoms with Gasteiger partial charge in [-0.05, 0) is 48.4 Å². The van der Waals surface area contributed by atoms with Gasteiger partial charge in [-0.15, -0.1) is 0 Å². The monoisotopic (exact) mass is 467 g/mol. The molecule has 0 spiro atoms. The second kappa shape index (κ2) is 11.3. The fourth-order valence-electron chi connectivity index (χ4n) is 4.14. The fraction of sp³-hybridized carbons (Fsp3) is 0.241.